The molecule has 1 fully saturated rings. The first-order valence-corrected chi connectivity index (χ1v) is 8.60. The van der Waals surface area contributed by atoms with Gasteiger partial charge in [-0.3, -0.25) is 9.88 Å². The Labute approximate surface area is 138 Å². The molecule has 124 valence electrons. The smallest absolute Gasteiger partial charge is 0.103 e. The maximum atomic E-state index is 5.41. The first kappa shape index (κ1) is 16.2. The van der Waals surface area contributed by atoms with E-state index in [1.165, 1.54) is 12.0 Å². The highest BCUT2D eigenvalue weighted by molar-refractivity contribution is 5.17. The van der Waals surface area contributed by atoms with Gasteiger partial charge >= 0.3 is 0 Å². The van der Waals surface area contributed by atoms with Crippen molar-refractivity contribution in [1.29, 1.82) is 0 Å². The van der Waals surface area contributed by atoms with Crippen molar-refractivity contribution >= 4 is 0 Å². The molecule has 1 aliphatic heterocycles. The van der Waals surface area contributed by atoms with Crippen LogP contribution in [0.1, 0.15) is 37.1 Å². The van der Waals surface area contributed by atoms with Crippen molar-refractivity contribution < 1.29 is 4.42 Å². The summed E-state index contributed by atoms with van der Waals surface area (Å²) in [4.78, 5) is 6.75. The van der Waals surface area contributed by atoms with E-state index in [2.05, 4.69) is 41.3 Å². The number of furan rings is 1. The average molecular weight is 313 g/mol. The molecule has 1 aliphatic rings. The van der Waals surface area contributed by atoms with Gasteiger partial charge in [0.2, 0.25) is 0 Å². The Balaban J connectivity index is 1.50. The van der Waals surface area contributed by atoms with Gasteiger partial charge in [-0.15, -0.1) is 0 Å². The van der Waals surface area contributed by atoms with Gasteiger partial charge in [0, 0.05) is 37.4 Å². The Morgan fingerprint density at radius 3 is 3.04 bits per heavy atom. The summed E-state index contributed by atoms with van der Waals surface area (Å²) in [7, 11) is 2.22. The van der Waals surface area contributed by atoms with Gasteiger partial charge in [0.25, 0.3) is 0 Å². The monoisotopic (exact) mass is 313 g/mol. The van der Waals surface area contributed by atoms with E-state index in [9.17, 15) is 0 Å². The molecule has 0 amide bonds. The quantitative estimate of drug-likeness (QED) is 0.852. The zero-order valence-corrected chi connectivity index (χ0v) is 14.1. The molecule has 1 saturated heterocycles. The van der Waals surface area contributed by atoms with Crippen LogP contribution in [0.5, 0.6) is 0 Å². The highest BCUT2D eigenvalue weighted by Crippen LogP contribution is 2.35. The number of rotatable bonds is 7. The van der Waals surface area contributed by atoms with E-state index in [4.69, 9.17) is 4.42 Å². The lowest BCUT2D eigenvalue weighted by atomic mass is 9.94. The fourth-order valence-electron chi connectivity index (χ4n) is 3.59. The summed E-state index contributed by atoms with van der Waals surface area (Å²) < 4.78 is 5.41. The van der Waals surface area contributed by atoms with Crippen molar-refractivity contribution in [2.45, 2.75) is 38.3 Å². The molecule has 0 radical (unpaired) electrons. The summed E-state index contributed by atoms with van der Waals surface area (Å²) in [5, 5.41) is 3.72. The molecule has 0 unspecified atom stereocenters. The van der Waals surface area contributed by atoms with E-state index in [1.807, 2.05) is 24.5 Å². The standard InChI is InChI=1S/C19H27N3O/c1-15(7-8-18-6-4-12-23-18)21-14-17-9-11-22(2)19(17)16-5-3-10-20-13-16/h3-6,10,12-13,15,17,19,21H,7-9,11,14H2,1-2H3/t15-,17-,19-/m0/s1. The average Bonchev–Trinajstić information content (AvgIpc) is 3.21. The van der Waals surface area contributed by atoms with Crippen LogP contribution in [-0.2, 0) is 6.42 Å². The number of likely N-dealkylation sites (tertiary alicyclic amines) is 1. The number of pyridine rings is 1. The molecule has 0 aromatic carbocycles. The summed E-state index contributed by atoms with van der Waals surface area (Å²) in [6, 6.07) is 9.23. The van der Waals surface area contributed by atoms with E-state index in [0.29, 0.717) is 18.0 Å². The minimum Gasteiger partial charge on any atom is -0.469 e. The molecule has 23 heavy (non-hydrogen) atoms. The molecule has 4 heteroatoms. The SMILES string of the molecule is C[C@@H](CCc1ccco1)NC[C@@H]1CCN(C)[C@H]1c1cccnc1. The highest BCUT2D eigenvalue weighted by Gasteiger charge is 2.32. The van der Waals surface area contributed by atoms with Gasteiger partial charge in [-0.2, -0.15) is 0 Å². The fraction of sp³-hybridized carbons (Fsp3) is 0.526. The van der Waals surface area contributed by atoms with Crippen molar-refractivity contribution in [3.05, 3.63) is 54.2 Å². The van der Waals surface area contributed by atoms with Crippen molar-refractivity contribution in [1.82, 2.24) is 15.2 Å². The van der Waals surface area contributed by atoms with Gasteiger partial charge < -0.3 is 9.73 Å². The Kier molecular flexibility index (Phi) is 5.47. The largest absolute Gasteiger partial charge is 0.469 e. The lowest BCUT2D eigenvalue weighted by Gasteiger charge is -2.26. The number of nitrogens with zero attached hydrogens (tertiary/aromatic N) is 2. The summed E-state index contributed by atoms with van der Waals surface area (Å²) >= 11 is 0. The van der Waals surface area contributed by atoms with Gasteiger partial charge in [-0.1, -0.05) is 6.07 Å². The Hall–Kier alpha value is -1.65. The zero-order valence-electron chi connectivity index (χ0n) is 14.1. The van der Waals surface area contributed by atoms with Gasteiger partial charge in [0.05, 0.1) is 6.26 Å². The molecule has 4 nitrogen and oxygen atoms in total. The third-order valence-corrected chi connectivity index (χ3v) is 4.93. The maximum Gasteiger partial charge on any atom is 0.103 e. The van der Waals surface area contributed by atoms with Crippen LogP contribution in [0.2, 0.25) is 0 Å². The molecule has 1 N–H and O–H groups in total. The van der Waals surface area contributed by atoms with E-state index >= 15 is 0 Å². The first-order valence-electron chi connectivity index (χ1n) is 8.60. The second-order valence-electron chi connectivity index (χ2n) is 6.69. The molecule has 3 atom stereocenters. The maximum absolute atomic E-state index is 5.41. The lowest BCUT2D eigenvalue weighted by Crippen LogP contribution is -2.34. The Morgan fingerprint density at radius 2 is 2.30 bits per heavy atom. The molecular weight excluding hydrogens is 286 g/mol. The van der Waals surface area contributed by atoms with Crippen LogP contribution in [0.25, 0.3) is 0 Å². The normalized spacial score (nSPS) is 23.2. The van der Waals surface area contributed by atoms with Gasteiger partial charge in [-0.05, 0) is 63.0 Å². The summed E-state index contributed by atoms with van der Waals surface area (Å²) in [5.74, 6) is 1.72. The van der Waals surface area contributed by atoms with Gasteiger partial charge in [0.15, 0.2) is 0 Å². The van der Waals surface area contributed by atoms with Crippen molar-refractivity contribution in [3.63, 3.8) is 0 Å². The van der Waals surface area contributed by atoms with Crippen LogP contribution in [0.3, 0.4) is 0 Å². The van der Waals surface area contributed by atoms with Gasteiger partial charge in [-0.25, -0.2) is 0 Å². The predicted octanol–water partition coefficient (Wildman–Crippen LogP) is 3.28. The van der Waals surface area contributed by atoms with Crippen molar-refractivity contribution in [2.24, 2.45) is 5.92 Å². The van der Waals surface area contributed by atoms with E-state index in [0.717, 1.165) is 31.7 Å². The van der Waals surface area contributed by atoms with E-state index in [-0.39, 0.29) is 0 Å². The molecule has 0 saturated carbocycles. The lowest BCUT2D eigenvalue weighted by molar-refractivity contribution is 0.267. The van der Waals surface area contributed by atoms with Crippen molar-refractivity contribution in [2.75, 3.05) is 20.1 Å². The van der Waals surface area contributed by atoms with E-state index in [1.54, 1.807) is 6.26 Å². The number of hydrogen-bond donors (Lipinski definition) is 1. The van der Waals surface area contributed by atoms with Crippen LogP contribution in [0.4, 0.5) is 0 Å². The van der Waals surface area contributed by atoms with Gasteiger partial charge in [0.1, 0.15) is 5.76 Å². The molecule has 0 spiro atoms. The molecule has 2 aromatic heterocycles. The molecule has 0 bridgehead atoms. The first-order chi connectivity index (χ1) is 11.2. The minimum absolute atomic E-state index is 0.480. The molecule has 3 rings (SSSR count). The van der Waals surface area contributed by atoms with Crippen LogP contribution < -0.4 is 5.32 Å². The third-order valence-electron chi connectivity index (χ3n) is 4.93. The summed E-state index contributed by atoms with van der Waals surface area (Å²) in [6.07, 6.45) is 8.96. The van der Waals surface area contributed by atoms with Crippen LogP contribution in [0.15, 0.2) is 47.3 Å². The molecule has 2 aromatic rings. The minimum atomic E-state index is 0.480. The number of aromatic nitrogens is 1. The summed E-state index contributed by atoms with van der Waals surface area (Å²) in [5.41, 5.74) is 1.34. The number of hydrogen-bond acceptors (Lipinski definition) is 4. The number of aryl methyl sites for hydroxylation is 1. The molecule has 3 heterocycles. The number of nitrogens with one attached hydrogen (secondary N) is 1. The van der Waals surface area contributed by atoms with Crippen LogP contribution >= 0.6 is 0 Å². The fourth-order valence-corrected chi connectivity index (χ4v) is 3.59. The second kappa shape index (κ2) is 7.75. The summed E-state index contributed by atoms with van der Waals surface area (Å²) in [6.45, 7) is 4.48. The topological polar surface area (TPSA) is 41.3 Å². The van der Waals surface area contributed by atoms with Crippen LogP contribution in [-0.4, -0.2) is 36.1 Å². The third kappa shape index (κ3) is 4.21. The molecule has 0 aliphatic carbocycles. The van der Waals surface area contributed by atoms with Crippen LogP contribution in [0, 0.1) is 5.92 Å². The van der Waals surface area contributed by atoms with E-state index < -0.39 is 0 Å². The highest BCUT2D eigenvalue weighted by atomic mass is 16.3. The zero-order chi connectivity index (χ0) is 16.1. The molecular formula is C19H27N3O. The second-order valence-corrected chi connectivity index (χ2v) is 6.69. The Morgan fingerprint density at radius 1 is 1.39 bits per heavy atom. The Bertz CT molecular complexity index is 570. The van der Waals surface area contributed by atoms with Crippen molar-refractivity contribution in [3.8, 4) is 0 Å². The predicted molar refractivity (Wildman–Crippen MR) is 92.2 cm³/mol.